The van der Waals surface area contributed by atoms with E-state index in [1.165, 1.54) is 60.2 Å². The van der Waals surface area contributed by atoms with Gasteiger partial charge in [0.05, 0.1) is 74.8 Å². The van der Waals surface area contributed by atoms with E-state index in [1.807, 2.05) is 0 Å². The number of aliphatic hydroxyl groups is 1. The number of hydrogen-bond acceptors (Lipinski definition) is 24. The molecule has 9 aliphatic rings. The summed E-state index contributed by atoms with van der Waals surface area (Å²) in [4.78, 5) is 119. The topological polar surface area (TPSA) is 427 Å². The number of carbonyl (C=O) groups excluding carboxylic acids is 8. The van der Waals surface area contributed by atoms with Gasteiger partial charge in [0.1, 0.15) is 29.9 Å². The molecule has 11 atom stereocenters. The van der Waals surface area contributed by atoms with Crippen molar-refractivity contribution in [3.8, 4) is 0 Å². The molecule has 4 aliphatic heterocycles. The second-order valence-corrected chi connectivity index (χ2v) is 44.6. The molecular weight excluding hydrogens is 1560 g/mol. The zero-order chi connectivity index (χ0) is 85.1. The summed E-state index contributed by atoms with van der Waals surface area (Å²) in [7, 11) is -0.728. The van der Waals surface area contributed by atoms with Crippen LogP contribution in [-0.4, -0.2) is 202 Å². The Bertz CT molecular complexity index is 3130. The van der Waals surface area contributed by atoms with Gasteiger partial charge < -0.3 is 65.0 Å². The van der Waals surface area contributed by atoms with Crippen molar-refractivity contribution in [3.05, 3.63) is 12.2 Å². The van der Waals surface area contributed by atoms with Crippen molar-refractivity contribution >= 4 is 89.5 Å². The van der Waals surface area contributed by atoms with Crippen molar-refractivity contribution in [2.45, 2.75) is 344 Å². The first kappa shape index (κ1) is 100. The minimum absolute atomic E-state index is 0.00949. The number of aliphatic hydroxyl groups excluding tert-OH is 1. The van der Waals surface area contributed by atoms with Crippen molar-refractivity contribution in [3.63, 3.8) is 0 Å². The van der Waals surface area contributed by atoms with Crippen molar-refractivity contribution < 1.29 is 112 Å². The third-order valence-corrected chi connectivity index (χ3v) is 27.5. The molecule has 0 amide bonds. The molecule has 4 saturated heterocycles. The van der Waals surface area contributed by atoms with Gasteiger partial charge in [-0.25, -0.2) is 0 Å². The monoisotopic (exact) mass is 1700 g/mol. The quantitative estimate of drug-likeness (QED) is 0.0191. The largest absolute Gasteiger partial charge is 0.481 e. The predicted octanol–water partition coefficient (Wildman–Crippen LogP) is 11.2. The van der Waals surface area contributed by atoms with Crippen molar-refractivity contribution in [1.82, 2.24) is 21.3 Å². The SMILES string of the molecule is CC1(C)CC(O)CC(C)(C)N1.CC1(C)CC(OC(=O)C2CC(C(=O)OC3CC(C)(C)NC(C)(C)C3)C(C(=O)OC3CC(C)(C)NC(C)(C)C3)C2)CC(C)(C)N1.CCC[CH2][Sn](=[O])[CH2]CCC.COC(=O)C1CC(C(=O)O)CC1C(=O)O.COC(=O)C1CC(C(C)=O)CC1C(C)=O.COC(=O)C1CC2C=CC1C2.O=S(=O)(O)O. The molecule has 0 aromatic rings. The maximum Gasteiger partial charge on any atom is 0.394 e. The van der Waals surface area contributed by atoms with E-state index in [0.29, 0.717) is 63.2 Å². The van der Waals surface area contributed by atoms with Gasteiger partial charge in [-0.2, -0.15) is 8.42 Å². The summed E-state index contributed by atoms with van der Waals surface area (Å²) >= 11 is -1.99. The number of ether oxygens (including phenoxy) is 6. The van der Waals surface area contributed by atoms with Gasteiger partial charge in [0, 0.05) is 94.7 Å². The van der Waals surface area contributed by atoms with Gasteiger partial charge >= 0.3 is 129 Å². The first-order chi connectivity index (χ1) is 50.7. The fraction of sp³-hybridized carbons (Fsp3) is 0.852. The first-order valence-corrected chi connectivity index (χ1v) is 46.4. The second kappa shape index (κ2) is 42.3. The molecule has 30 heteroatoms. The maximum absolute atomic E-state index is 13.9. The number of unbranched alkanes of at least 4 members (excludes halogenated alkanes) is 2. The Labute approximate surface area is 668 Å². The fourth-order valence-electron chi connectivity index (χ4n) is 19.0. The molecule has 9 N–H and O–H groups in total. The molecule has 4 saturated carbocycles. The number of carbonyl (C=O) groups is 10. The van der Waals surface area contributed by atoms with Gasteiger partial charge in [-0.15, -0.1) is 0 Å². The zero-order valence-corrected chi connectivity index (χ0v) is 74.5. The Balaban J connectivity index is 0.000000387. The summed E-state index contributed by atoms with van der Waals surface area (Å²) in [6, 6.07) is 0. The van der Waals surface area contributed by atoms with E-state index in [1.54, 1.807) is 0 Å². The summed E-state index contributed by atoms with van der Waals surface area (Å²) in [5.41, 5.74) is -0.962. The minimum atomic E-state index is -4.67. The van der Waals surface area contributed by atoms with Gasteiger partial charge in [-0.1, -0.05) is 12.2 Å². The summed E-state index contributed by atoms with van der Waals surface area (Å²) < 4.78 is 77.2. The molecule has 8 fully saturated rings. The Morgan fingerprint density at radius 2 is 0.694 bits per heavy atom. The number of hydrogen-bond donors (Lipinski definition) is 9. The number of methoxy groups -OCH3 is 3. The molecule has 0 spiro atoms. The van der Waals surface area contributed by atoms with Crippen LogP contribution in [0.4, 0.5) is 0 Å². The zero-order valence-electron chi connectivity index (χ0n) is 70.8. The number of Topliss-reactive ketones (excluding diaryl/α,β-unsaturated/α-hetero) is 2. The number of rotatable bonds is 19. The van der Waals surface area contributed by atoms with Crippen LogP contribution in [0.3, 0.4) is 0 Å². The van der Waals surface area contributed by atoms with Gasteiger partial charge in [0.15, 0.2) is 0 Å². The second-order valence-electron chi connectivity index (χ2n) is 37.7. The number of carboxylic acids is 2. The van der Waals surface area contributed by atoms with Gasteiger partial charge in [0.25, 0.3) is 0 Å². The molecule has 2 bridgehead atoms. The average Bonchev–Trinajstić information content (AvgIpc) is 1.77. The van der Waals surface area contributed by atoms with Crippen LogP contribution in [0, 0.1) is 71.0 Å². The first-order valence-electron chi connectivity index (χ1n) is 39.8. The fourth-order valence-corrected chi connectivity index (χ4v) is 23.9. The number of piperidine rings is 4. The molecule has 28 nitrogen and oxygen atoms in total. The molecule has 9 rings (SSSR count). The Kier molecular flexibility index (Phi) is 38.2. The van der Waals surface area contributed by atoms with Crippen molar-refractivity contribution in [2.75, 3.05) is 21.3 Å². The van der Waals surface area contributed by atoms with Crippen LogP contribution >= 0.6 is 0 Å². The predicted molar refractivity (Wildman–Crippen MR) is 418 cm³/mol. The molecular formula is C81H140N4O24SSn. The minimum Gasteiger partial charge on any atom is -0.481 e. The number of aliphatic carboxylic acids is 2. The van der Waals surface area contributed by atoms with Gasteiger partial charge in [0.2, 0.25) is 0 Å². The van der Waals surface area contributed by atoms with E-state index in [0.717, 1.165) is 35.2 Å². The summed E-state index contributed by atoms with van der Waals surface area (Å²) in [5.74, 6) is -8.63. The normalized spacial score (nSPS) is 29.4. The van der Waals surface area contributed by atoms with E-state index in [-0.39, 0.29) is 142 Å². The number of carboxylic acid groups (broad SMARTS) is 2. The van der Waals surface area contributed by atoms with Crippen molar-refractivity contribution in [1.29, 1.82) is 0 Å². The summed E-state index contributed by atoms with van der Waals surface area (Å²) in [5, 5.41) is 41.5. The molecule has 4 heterocycles. The average molecular weight is 1700 g/mol. The van der Waals surface area contributed by atoms with E-state index in [4.69, 9.17) is 46.7 Å². The van der Waals surface area contributed by atoms with E-state index < -0.39 is 101 Å². The van der Waals surface area contributed by atoms with Crippen LogP contribution in [0.2, 0.25) is 8.87 Å². The molecule has 5 aliphatic carbocycles. The smallest absolute Gasteiger partial charge is 0.394 e. The van der Waals surface area contributed by atoms with Crippen LogP contribution in [0.15, 0.2) is 12.2 Å². The molecule has 11 unspecified atom stereocenters. The molecule has 0 aromatic carbocycles. The van der Waals surface area contributed by atoms with Crippen molar-refractivity contribution in [2.24, 2.45) is 71.0 Å². The van der Waals surface area contributed by atoms with E-state index >= 15 is 0 Å². The number of esters is 6. The van der Waals surface area contributed by atoms with Crippen LogP contribution in [0.25, 0.3) is 0 Å². The van der Waals surface area contributed by atoms with E-state index in [9.17, 15) is 56.1 Å². The number of fused-ring (bicyclic) bond motifs is 2. The van der Waals surface area contributed by atoms with Gasteiger partial charge in [-0.3, -0.25) is 57.1 Å². The summed E-state index contributed by atoms with van der Waals surface area (Å²) in [6.45, 7) is 41.2. The third-order valence-electron chi connectivity index (χ3n) is 22.3. The standard InChI is InChI=1S/C35H61N3O6.C11H16O4.C9H19NO.C9H12O6.C9H12O2.2C4H9.H2O4S.O.Sn/c1-30(2)15-22(16-31(3,4)36-30)42-27(39)21-13-25(28(40)43-23-17-32(5,6)37-33(7,8)18-23)26(14-21)29(41)44-24-19-34(9,10)38-35(11,12)20-24;1-6(12)8-4-9(7(2)13)10(5-8)11(14)15-3;1-8(2)5-7(11)6-9(3,4)10-8;1-15-9(14)6-3-4(7(10)11)2-5(6)8(12)13;1-11-9(10)8-5-6-2-3-7(8)4-6;2*1-3-4-2;1-5(2,3)4;;/h21-26,36-38H,13-20H2,1-12H3;8-10H,4-5H2,1-3H3;7,10-11H,5-6H2,1-4H3;4-6H,2-3H2,1H3,(H,10,11)(H,12,13);2-3,6-8H,4-5H2,1H3;2*1,3-4H2,2H3;(H2,1,2,3,4);;. The van der Waals surface area contributed by atoms with Crippen LogP contribution in [0.1, 0.15) is 267 Å². The summed E-state index contributed by atoms with van der Waals surface area (Å²) in [6.07, 6.45) is 17.7. The number of allylic oxidation sites excluding steroid dienone is 2. The third kappa shape index (κ3) is 35.2. The molecule has 0 radical (unpaired) electrons. The van der Waals surface area contributed by atoms with Crippen LogP contribution in [0.5, 0.6) is 0 Å². The maximum atomic E-state index is 13.9. The van der Waals surface area contributed by atoms with Gasteiger partial charge in [-0.05, 0) is 201 Å². The molecule has 638 valence electrons. The molecule has 111 heavy (non-hydrogen) atoms. The number of nitrogens with one attached hydrogen (secondary N) is 4. The number of ketones is 2. The Morgan fingerprint density at radius 1 is 0.396 bits per heavy atom. The molecule has 0 aromatic heterocycles. The Hall–Kier alpha value is -4.89. The van der Waals surface area contributed by atoms with Crippen LogP contribution in [-0.2, 0) is 89.8 Å². The van der Waals surface area contributed by atoms with Crippen LogP contribution < -0.4 is 21.3 Å². The Morgan fingerprint density at radius 3 is 0.982 bits per heavy atom. The van der Waals surface area contributed by atoms with E-state index in [2.05, 4.69) is 168 Å².